The summed E-state index contributed by atoms with van der Waals surface area (Å²) in [5.74, 6) is -0.397. The molecule has 0 fully saturated rings. The third-order valence-electron chi connectivity index (χ3n) is 1.74. The average molecular weight is 243 g/mol. The second-order valence-electron chi connectivity index (χ2n) is 2.68. The molecular formula is C9H11BrN2O. The number of rotatable bonds is 3. The number of para-hydroxylation sites is 1. The van der Waals surface area contributed by atoms with Crippen LogP contribution in [-0.4, -0.2) is 17.9 Å². The highest BCUT2D eigenvalue weighted by Crippen LogP contribution is 2.16. The summed E-state index contributed by atoms with van der Waals surface area (Å²) in [6, 6.07) is 9.57. The van der Waals surface area contributed by atoms with Gasteiger partial charge < -0.3 is 10.6 Å². The fourth-order valence-corrected chi connectivity index (χ4v) is 1.22. The molecule has 1 unspecified atom stereocenters. The summed E-state index contributed by atoms with van der Waals surface area (Å²) in [5, 5.41) is 0. The molecule has 1 aromatic carbocycles. The van der Waals surface area contributed by atoms with Crippen LogP contribution in [0.1, 0.15) is 0 Å². The highest BCUT2D eigenvalue weighted by atomic mass is 79.9. The zero-order valence-electron chi connectivity index (χ0n) is 7.27. The summed E-state index contributed by atoms with van der Waals surface area (Å²) in [6.45, 7) is 0. The second kappa shape index (κ2) is 4.28. The first-order valence-corrected chi connectivity index (χ1v) is 4.76. The van der Waals surface area contributed by atoms with Crippen LogP contribution in [0.2, 0.25) is 0 Å². The van der Waals surface area contributed by atoms with Crippen molar-refractivity contribution >= 4 is 27.5 Å². The van der Waals surface area contributed by atoms with E-state index in [1.54, 1.807) is 11.9 Å². The van der Waals surface area contributed by atoms with E-state index in [0.717, 1.165) is 5.69 Å². The number of alkyl halides is 1. The highest BCUT2D eigenvalue weighted by Gasteiger charge is 2.16. The largest absolute Gasteiger partial charge is 0.367 e. The standard InChI is InChI=1S/C9H11BrN2O/c1-12(8(10)9(11)13)7-5-3-2-4-6-7/h2-6,8H,1H3,(H2,11,13). The molecule has 0 aliphatic heterocycles. The maximum Gasteiger partial charge on any atom is 0.251 e. The van der Waals surface area contributed by atoms with Gasteiger partial charge >= 0.3 is 0 Å². The minimum absolute atomic E-state index is 0.397. The monoisotopic (exact) mass is 242 g/mol. The van der Waals surface area contributed by atoms with Gasteiger partial charge in [-0.15, -0.1) is 0 Å². The molecule has 1 aromatic rings. The normalized spacial score (nSPS) is 12.2. The number of amides is 1. The number of carbonyl (C=O) groups excluding carboxylic acids is 1. The van der Waals surface area contributed by atoms with Crippen LogP contribution in [0.4, 0.5) is 5.69 Å². The molecular weight excluding hydrogens is 232 g/mol. The first-order valence-electron chi connectivity index (χ1n) is 3.84. The molecule has 0 heterocycles. The summed E-state index contributed by atoms with van der Waals surface area (Å²) in [6.07, 6.45) is 0. The van der Waals surface area contributed by atoms with Crippen molar-refractivity contribution in [3.63, 3.8) is 0 Å². The molecule has 0 aromatic heterocycles. The number of likely N-dealkylation sites (N-methyl/N-ethyl adjacent to an activating group) is 1. The molecule has 0 saturated heterocycles. The van der Waals surface area contributed by atoms with E-state index < -0.39 is 10.9 Å². The maximum absolute atomic E-state index is 10.8. The summed E-state index contributed by atoms with van der Waals surface area (Å²) in [5.41, 5.74) is 6.09. The van der Waals surface area contributed by atoms with Crippen LogP contribution in [0.15, 0.2) is 30.3 Å². The minimum atomic E-state index is -0.463. The summed E-state index contributed by atoms with van der Waals surface area (Å²) >= 11 is 3.20. The Balaban J connectivity index is 2.79. The molecule has 1 amide bonds. The van der Waals surface area contributed by atoms with Crippen molar-refractivity contribution < 1.29 is 4.79 Å². The van der Waals surface area contributed by atoms with E-state index in [1.807, 2.05) is 30.3 Å². The minimum Gasteiger partial charge on any atom is -0.367 e. The number of nitrogens with zero attached hydrogens (tertiary/aromatic N) is 1. The smallest absolute Gasteiger partial charge is 0.251 e. The number of halogens is 1. The van der Waals surface area contributed by atoms with Gasteiger partial charge in [0, 0.05) is 12.7 Å². The molecule has 1 atom stereocenters. The SMILES string of the molecule is CN(c1ccccc1)C(Br)C(N)=O. The molecule has 0 aliphatic rings. The zero-order valence-corrected chi connectivity index (χ0v) is 8.86. The number of hydrogen-bond acceptors (Lipinski definition) is 2. The van der Waals surface area contributed by atoms with E-state index in [2.05, 4.69) is 15.9 Å². The van der Waals surface area contributed by atoms with Gasteiger partial charge in [-0.1, -0.05) is 34.1 Å². The molecule has 4 heteroatoms. The quantitative estimate of drug-likeness (QED) is 0.643. The lowest BCUT2D eigenvalue weighted by atomic mass is 10.3. The summed E-state index contributed by atoms with van der Waals surface area (Å²) in [4.78, 5) is 12.2. The van der Waals surface area contributed by atoms with Crippen LogP contribution in [-0.2, 0) is 4.79 Å². The molecule has 0 radical (unpaired) electrons. The lowest BCUT2D eigenvalue weighted by Gasteiger charge is -2.22. The van der Waals surface area contributed by atoms with Gasteiger partial charge in [-0.3, -0.25) is 4.79 Å². The summed E-state index contributed by atoms with van der Waals surface area (Å²) < 4.78 is 0. The number of primary amides is 1. The van der Waals surface area contributed by atoms with Crippen molar-refractivity contribution in [3.05, 3.63) is 30.3 Å². The van der Waals surface area contributed by atoms with Crippen molar-refractivity contribution in [2.75, 3.05) is 11.9 Å². The highest BCUT2D eigenvalue weighted by molar-refractivity contribution is 9.10. The van der Waals surface area contributed by atoms with Crippen LogP contribution in [0.25, 0.3) is 0 Å². The van der Waals surface area contributed by atoms with E-state index >= 15 is 0 Å². The van der Waals surface area contributed by atoms with Crippen molar-refractivity contribution in [2.24, 2.45) is 5.73 Å². The van der Waals surface area contributed by atoms with Gasteiger partial charge in [-0.2, -0.15) is 0 Å². The predicted octanol–water partition coefficient (Wildman–Crippen LogP) is 1.33. The fourth-order valence-electron chi connectivity index (χ4n) is 0.985. The van der Waals surface area contributed by atoms with Gasteiger partial charge in [0.2, 0.25) is 0 Å². The topological polar surface area (TPSA) is 46.3 Å². The Morgan fingerprint density at radius 1 is 1.46 bits per heavy atom. The Labute approximate surface area is 85.7 Å². The van der Waals surface area contributed by atoms with Gasteiger partial charge in [-0.05, 0) is 12.1 Å². The molecule has 0 spiro atoms. The molecule has 3 nitrogen and oxygen atoms in total. The Bertz CT molecular complexity index is 289. The molecule has 0 saturated carbocycles. The van der Waals surface area contributed by atoms with Crippen LogP contribution in [0.3, 0.4) is 0 Å². The average Bonchev–Trinajstić information content (AvgIpc) is 2.17. The Hall–Kier alpha value is -1.03. The summed E-state index contributed by atoms with van der Waals surface area (Å²) in [7, 11) is 1.81. The first kappa shape index (κ1) is 10.1. The number of hydrogen-bond donors (Lipinski definition) is 1. The molecule has 1 rings (SSSR count). The van der Waals surface area contributed by atoms with E-state index in [-0.39, 0.29) is 0 Å². The lowest BCUT2D eigenvalue weighted by molar-refractivity contribution is -0.117. The van der Waals surface area contributed by atoms with Crippen LogP contribution in [0, 0.1) is 0 Å². The van der Waals surface area contributed by atoms with Crippen molar-refractivity contribution in [1.82, 2.24) is 0 Å². The number of nitrogens with two attached hydrogens (primary N) is 1. The van der Waals surface area contributed by atoms with Gasteiger partial charge in [0.05, 0.1) is 0 Å². The van der Waals surface area contributed by atoms with Gasteiger partial charge in [0.15, 0.2) is 4.95 Å². The van der Waals surface area contributed by atoms with E-state index in [9.17, 15) is 4.79 Å². The van der Waals surface area contributed by atoms with E-state index in [0.29, 0.717) is 0 Å². The lowest BCUT2D eigenvalue weighted by Crippen LogP contribution is -2.37. The van der Waals surface area contributed by atoms with Gasteiger partial charge in [-0.25, -0.2) is 0 Å². The molecule has 13 heavy (non-hydrogen) atoms. The number of benzene rings is 1. The number of carbonyl (C=O) groups is 1. The molecule has 2 N–H and O–H groups in total. The van der Waals surface area contributed by atoms with E-state index in [1.165, 1.54) is 0 Å². The van der Waals surface area contributed by atoms with Gasteiger partial charge in [0.25, 0.3) is 5.91 Å². The van der Waals surface area contributed by atoms with Crippen LogP contribution >= 0.6 is 15.9 Å². The molecule has 0 aliphatic carbocycles. The zero-order chi connectivity index (χ0) is 9.84. The Morgan fingerprint density at radius 3 is 2.46 bits per heavy atom. The fraction of sp³-hybridized carbons (Fsp3) is 0.222. The first-order chi connectivity index (χ1) is 6.13. The third kappa shape index (κ3) is 2.45. The second-order valence-corrected chi connectivity index (χ2v) is 3.55. The number of anilines is 1. The maximum atomic E-state index is 10.8. The van der Waals surface area contributed by atoms with Crippen LogP contribution in [0.5, 0.6) is 0 Å². The van der Waals surface area contributed by atoms with Crippen molar-refractivity contribution in [1.29, 1.82) is 0 Å². The van der Waals surface area contributed by atoms with E-state index in [4.69, 9.17) is 5.73 Å². The molecule has 70 valence electrons. The Morgan fingerprint density at radius 2 is 2.00 bits per heavy atom. The van der Waals surface area contributed by atoms with Crippen molar-refractivity contribution in [3.8, 4) is 0 Å². The van der Waals surface area contributed by atoms with Gasteiger partial charge in [0.1, 0.15) is 0 Å². The third-order valence-corrected chi connectivity index (χ3v) is 2.80. The van der Waals surface area contributed by atoms with Crippen molar-refractivity contribution in [2.45, 2.75) is 4.95 Å². The predicted molar refractivity (Wildman–Crippen MR) is 56.8 cm³/mol. The molecule has 0 bridgehead atoms. The Kier molecular flexibility index (Phi) is 3.31. The van der Waals surface area contributed by atoms with Crippen LogP contribution < -0.4 is 10.6 Å².